The maximum Gasteiger partial charge on any atom is 0.182 e. The van der Waals surface area contributed by atoms with Gasteiger partial charge in [0.1, 0.15) is 5.92 Å². The number of Topliss-reactive ketones (excluding diaryl/α,β-unsaturated/α-hetero) is 3. The summed E-state index contributed by atoms with van der Waals surface area (Å²) in [5.41, 5.74) is 0.270. The van der Waals surface area contributed by atoms with E-state index in [9.17, 15) is 14.4 Å². The van der Waals surface area contributed by atoms with E-state index in [0.717, 1.165) is 17.1 Å². The van der Waals surface area contributed by atoms with E-state index in [0.29, 0.717) is 24.3 Å². The molecule has 1 aromatic rings. The summed E-state index contributed by atoms with van der Waals surface area (Å²) < 4.78 is 0. The van der Waals surface area contributed by atoms with Gasteiger partial charge in [-0.2, -0.15) is 0 Å². The van der Waals surface area contributed by atoms with Crippen molar-refractivity contribution in [1.82, 2.24) is 0 Å². The first-order chi connectivity index (χ1) is 10.0. The van der Waals surface area contributed by atoms with Crippen molar-refractivity contribution in [2.45, 2.75) is 37.5 Å². The van der Waals surface area contributed by atoms with Crippen LogP contribution in [0.3, 0.4) is 0 Å². The highest BCUT2D eigenvalue weighted by atomic mass is 35.5. The number of carbonyl (C=O) groups is 3. The Balaban J connectivity index is 2.22. The molecule has 1 aliphatic carbocycles. The SMILES string of the molecule is CCCSc1ccc(C(=O)C2C(=O)CCCC2=O)c(Cl)c1. The molecule has 3 nitrogen and oxygen atoms in total. The lowest BCUT2D eigenvalue weighted by atomic mass is 9.82. The van der Waals surface area contributed by atoms with E-state index in [-0.39, 0.29) is 17.1 Å². The zero-order chi connectivity index (χ0) is 15.4. The first-order valence-corrected chi connectivity index (χ1v) is 8.43. The summed E-state index contributed by atoms with van der Waals surface area (Å²) in [5.74, 6) is -1.19. The number of benzene rings is 1. The van der Waals surface area contributed by atoms with Gasteiger partial charge in [0.05, 0.1) is 5.02 Å². The first kappa shape index (κ1) is 16.2. The van der Waals surface area contributed by atoms with Crippen molar-refractivity contribution >= 4 is 40.7 Å². The summed E-state index contributed by atoms with van der Waals surface area (Å²) in [6.07, 6.45) is 2.18. The molecular weight excluding hydrogens is 308 g/mol. The number of carbonyl (C=O) groups excluding carboxylic acids is 3. The third kappa shape index (κ3) is 3.74. The summed E-state index contributed by atoms with van der Waals surface area (Å²) in [6, 6.07) is 5.17. The van der Waals surface area contributed by atoms with Crippen LogP contribution in [0.25, 0.3) is 0 Å². The number of rotatable bonds is 5. The molecule has 0 bridgehead atoms. The highest BCUT2D eigenvalue weighted by Gasteiger charge is 2.37. The molecule has 1 aromatic carbocycles. The van der Waals surface area contributed by atoms with Gasteiger partial charge in [-0.3, -0.25) is 14.4 Å². The molecule has 0 heterocycles. The standard InChI is InChI=1S/C16H17ClO3S/c1-2-8-21-10-6-7-11(12(17)9-10)16(20)15-13(18)4-3-5-14(15)19/h6-7,9,15H,2-5,8H2,1H3. The Labute approximate surface area is 133 Å². The van der Waals surface area contributed by atoms with E-state index < -0.39 is 11.7 Å². The monoisotopic (exact) mass is 324 g/mol. The van der Waals surface area contributed by atoms with Crippen LogP contribution in [0.1, 0.15) is 43.0 Å². The summed E-state index contributed by atoms with van der Waals surface area (Å²) >= 11 is 7.82. The number of hydrogen-bond donors (Lipinski definition) is 0. The van der Waals surface area contributed by atoms with Gasteiger partial charge < -0.3 is 0 Å². The Morgan fingerprint density at radius 1 is 1.29 bits per heavy atom. The summed E-state index contributed by atoms with van der Waals surface area (Å²) in [6.45, 7) is 2.09. The Morgan fingerprint density at radius 3 is 2.52 bits per heavy atom. The van der Waals surface area contributed by atoms with E-state index in [1.54, 1.807) is 23.9 Å². The normalized spacial score (nSPS) is 16.3. The number of hydrogen-bond acceptors (Lipinski definition) is 4. The second-order valence-corrected chi connectivity index (χ2v) is 6.65. The molecule has 21 heavy (non-hydrogen) atoms. The highest BCUT2D eigenvalue weighted by molar-refractivity contribution is 7.99. The minimum Gasteiger partial charge on any atom is -0.298 e. The Kier molecular flexibility index (Phi) is 5.59. The second kappa shape index (κ2) is 7.23. The molecule has 112 valence electrons. The van der Waals surface area contributed by atoms with Gasteiger partial charge in [-0.25, -0.2) is 0 Å². The van der Waals surface area contributed by atoms with Crippen molar-refractivity contribution in [2.24, 2.45) is 5.92 Å². The van der Waals surface area contributed by atoms with E-state index in [2.05, 4.69) is 6.92 Å². The van der Waals surface area contributed by atoms with Gasteiger partial charge in [0.25, 0.3) is 0 Å². The zero-order valence-corrected chi connectivity index (χ0v) is 13.4. The van der Waals surface area contributed by atoms with E-state index >= 15 is 0 Å². The molecule has 0 aliphatic heterocycles. The lowest BCUT2D eigenvalue weighted by Crippen LogP contribution is -2.35. The fraction of sp³-hybridized carbons (Fsp3) is 0.438. The van der Waals surface area contributed by atoms with Crippen LogP contribution in [0.2, 0.25) is 5.02 Å². The molecule has 0 N–H and O–H groups in total. The van der Waals surface area contributed by atoms with Crippen LogP contribution >= 0.6 is 23.4 Å². The molecule has 0 amide bonds. The Morgan fingerprint density at radius 2 is 1.95 bits per heavy atom. The molecular formula is C16H17ClO3S. The van der Waals surface area contributed by atoms with Gasteiger partial charge in [0, 0.05) is 23.3 Å². The average Bonchev–Trinajstić information content (AvgIpc) is 2.44. The second-order valence-electron chi connectivity index (χ2n) is 5.07. The van der Waals surface area contributed by atoms with Crippen molar-refractivity contribution in [3.63, 3.8) is 0 Å². The van der Waals surface area contributed by atoms with Gasteiger partial charge in [-0.05, 0) is 36.8 Å². The molecule has 1 saturated carbocycles. The van der Waals surface area contributed by atoms with E-state index in [1.165, 1.54) is 0 Å². The van der Waals surface area contributed by atoms with Crippen LogP contribution in [0, 0.1) is 5.92 Å². The average molecular weight is 325 g/mol. The predicted octanol–water partition coefficient (Wildman–Crippen LogP) is 3.96. The molecule has 0 aromatic heterocycles. The van der Waals surface area contributed by atoms with Gasteiger partial charge in [-0.15, -0.1) is 11.8 Å². The maximum atomic E-state index is 12.4. The van der Waals surface area contributed by atoms with Crippen LogP contribution in [0.15, 0.2) is 23.1 Å². The molecule has 0 saturated heterocycles. The Bertz CT molecular complexity index is 567. The van der Waals surface area contributed by atoms with Gasteiger partial charge >= 0.3 is 0 Å². The third-order valence-corrected chi connectivity index (χ3v) is 4.94. The van der Waals surface area contributed by atoms with Crippen molar-refractivity contribution in [2.75, 3.05) is 5.75 Å². The van der Waals surface area contributed by atoms with Crippen LogP contribution in [0.5, 0.6) is 0 Å². The number of thioether (sulfide) groups is 1. The number of halogens is 1. The summed E-state index contributed by atoms with van der Waals surface area (Å²) in [4.78, 5) is 37.1. The van der Waals surface area contributed by atoms with Crippen molar-refractivity contribution in [1.29, 1.82) is 0 Å². The Hall–Kier alpha value is -1.13. The highest BCUT2D eigenvalue weighted by Crippen LogP contribution is 2.29. The minimum absolute atomic E-state index is 0.270. The van der Waals surface area contributed by atoms with Gasteiger partial charge in [0.15, 0.2) is 17.3 Å². The van der Waals surface area contributed by atoms with Crippen molar-refractivity contribution in [3.05, 3.63) is 28.8 Å². The quantitative estimate of drug-likeness (QED) is 0.467. The van der Waals surface area contributed by atoms with E-state index in [1.807, 2.05) is 6.07 Å². The predicted molar refractivity (Wildman–Crippen MR) is 84.2 cm³/mol. The molecule has 2 rings (SSSR count). The zero-order valence-electron chi connectivity index (χ0n) is 11.9. The third-order valence-electron chi connectivity index (χ3n) is 3.43. The van der Waals surface area contributed by atoms with Gasteiger partial charge in [0.2, 0.25) is 0 Å². The molecule has 0 radical (unpaired) electrons. The van der Waals surface area contributed by atoms with Crippen molar-refractivity contribution < 1.29 is 14.4 Å². The first-order valence-electron chi connectivity index (χ1n) is 7.06. The lowest BCUT2D eigenvalue weighted by molar-refractivity contribution is -0.133. The molecule has 1 aliphatic rings. The minimum atomic E-state index is -1.15. The molecule has 5 heteroatoms. The molecule has 0 atom stereocenters. The summed E-state index contributed by atoms with van der Waals surface area (Å²) in [7, 11) is 0. The van der Waals surface area contributed by atoms with Crippen molar-refractivity contribution in [3.8, 4) is 0 Å². The fourth-order valence-electron chi connectivity index (χ4n) is 2.36. The van der Waals surface area contributed by atoms with Crippen LogP contribution < -0.4 is 0 Å². The molecule has 1 fully saturated rings. The smallest absolute Gasteiger partial charge is 0.182 e. The van der Waals surface area contributed by atoms with Gasteiger partial charge in [-0.1, -0.05) is 18.5 Å². The molecule has 0 spiro atoms. The van der Waals surface area contributed by atoms with E-state index in [4.69, 9.17) is 11.6 Å². The maximum absolute atomic E-state index is 12.4. The van der Waals surface area contributed by atoms with Crippen LogP contribution in [-0.4, -0.2) is 23.1 Å². The fourth-order valence-corrected chi connectivity index (χ4v) is 3.50. The lowest BCUT2D eigenvalue weighted by Gasteiger charge is -2.18. The number of ketones is 3. The van der Waals surface area contributed by atoms with Crippen LogP contribution in [-0.2, 0) is 9.59 Å². The summed E-state index contributed by atoms with van der Waals surface area (Å²) in [5, 5.41) is 0.312. The van der Waals surface area contributed by atoms with Crippen LogP contribution in [0.4, 0.5) is 0 Å². The topological polar surface area (TPSA) is 51.2 Å². The largest absolute Gasteiger partial charge is 0.298 e. The molecule has 0 unspecified atom stereocenters.